The number of halogens is 3. The number of ether oxygens (including phenoxy) is 2. The van der Waals surface area contributed by atoms with E-state index < -0.39 is 12.8 Å². The summed E-state index contributed by atoms with van der Waals surface area (Å²) in [6.07, 6.45) is -1.04. The monoisotopic (exact) mass is 423 g/mol. The van der Waals surface area contributed by atoms with Gasteiger partial charge < -0.3 is 14.8 Å². The van der Waals surface area contributed by atoms with Gasteiger partial charge in [-0.3, -0.25) is 9.69 Å². The minimum absolute atomic E-state index is 0.0463. The Bertz CT molecular complexity index is 837. The van der Waals surface area contributed by atoms with Crippen LogP contribution in [0, 0.1) is 0 Å². The van der Waals surface area contributed by atoms with Crippen LogP contribution in [0.3, 0.4) is 0 Å². The zero-order valence-electron chi connectivity index (χ0n) is 16.6. The Kier molecular flexibility index (Phi) is 7.15. The molecule has 0 bridgehead atoms. The maximum absolute atomic E-state index is 12.6. The Hall–Kier alpha value is -2.81. The Morgan fingerprint density at radius 1 is 1.20 bits per heavy atom. The molecule has 30 heavy (non-hydrogen) atoms. The number of hydrogen-bond acceptors (Lipinski definition) is 5. The Labute approximate surface area is 173 Å². The fourth-order valence-corrected chi connectivity index (χ4v) is 3.48. The number of nitrogens with one attached hydrogen (secondary N) is 1. The number of carbonyl (C=O) groups excluding carboxylic acids is 1. The van der Waals surface area contributed by atoms with Gasteiger partial charge in [-0.2, -0.15) is 13.2 Å². The van der Waals surface area contributed by atoms with Crippen LogP contribution in [0.15, 0.2) is 42.6 Å². The SMILES string of the molecule is COc1ccccc1C(CNC(=O)c1ccc(OCC(F)(F)F)nc1)N1CCCC1. The van der Waals surface area contributed by atoms with Crippen molar-refractivity contribution < 1.29 is 27.4 Å². The number of carbonyl (C=O) groups is 1. The third-order valence-corrected chi connectivity index (χ3v) is 4.92. The molecule has 0 spiro atoms. The molecular weight excluding hydrogens is 399 g/mol. The highest BCUT2D eigenvalue weighted by Gasteiger charge is 2.29. The first kappa shape index (κ1) is 21.9. The number of para-hydroxylation sites is 1. The third-order valence-electron chi connectivity index (χ3n) is 4.92. The van der Waals surface area contributed by atoms with Crippen LogP contribution in [0.5, 0.6) is 11.6 Å². The van der Waals surface area contributed by atoms with Gasteiger partial charge in [0.25, 0.3) is 5.91 Å². The second-order valence-corrected chi connectivity index (χ2v) is 7.00. The zero-order chi connectivity index (χ0) is 21.6. The average Bonchev–Trinajstić information content (AvgIpc) is 3.27. The zero-order valence-corrected chi connectivity index (χ0v) is 16.6. The van der Waals surface area contributed by atoms with Gasteiger partial charge in [0.15, 0.2) is 6.61 Å². The van der Waals surface area contributed by atoms with Gasteiger partial charge in [0.1, 0.15) is 5.75 Å². The molecule has 1 aromatic heterocycles. The van der Waals surface area contributed by atoms with E-state index in [1.807, 2.05) is 24.3 Å². The van der Waals surface area contributed by atoms with Crippen molar-refractivity contribution in [2.24, 2.45) is 0 Å². The van der Waals surface area contributed by atoms with Gasteiger partial charge >= 0.3 is 6.18 Å². The van der Waals surface area contributed by atoms with Crippen molar-refractivity contribution in [3.05, 3.63) is 53.7 Å². The molecule has 6 nitrogen and oxygen atoms in total. The smallest absolute Gasteiger partial charge is 0.422 e. The first-order chi connectivity index (χ1) is 14.4. The van der Waals surface area contributed by atoms with E-state index in [1.54, 1.807) is 7.11 Å². The lowest BCUT2D eigenvalue weighted by Gasteiger charge is -2.29. The van der Waals surface area contributed by atoms with Crippen LogP contribution in [0.25, 0.3) is 0 Å². The summed E-state index contributed by atoms with van der Waals surface area (Å²) in [6.45, 7) is 0.810. The quantitative estimate of drug-likeness (QED) is 0.703. The van der Waals surface area contributed by atoms with Crippen molar-refractivity contribution >= 4 is 5.91 Å². The first-order valence-corrected chi connectivity index (χ1v) is 9.68. The molecule has 1 aliphatic rings. The molecule has 1 amide bonds. The van der Waals surface area contributed by atoms with Crippen molar-refractivity contribution in [3.63, 3.8) is 0 Å². The van der Waals surface area contributed by atoms with E-state index in [0.717, 1.165) is 37.2 Å². The van der Waals surface area contributed by atoms with Crippen molar-refractivity contribution in [1.29, 1.82) is 0 Å². The van der Waals surface area contributed by atoms with Crippen molar-refractivity contribution in [3.8, 4) is 11.6 Å². The topological polar surface area (TPSA) is 63.7 Å². The third kappa shape index (κ3) is 5.85. The molecular formula is C21H24F3N3O3. The highest BCUT2D eigenvalue weighted by atomic mass is 19.4. The second kappa shape index (κ2) is 9.80. The number of aromatic nitrogens is 1. The van der Waals surface area contributed by atoms with Gasteiger partial charge in [0.2, 0.25) is 5.88 Å². The molecule has 0 radical (unpaired) electrons. The van der Waals surface area contributed by atoms with Crippen LogP contribution in [0.4, 0.5) is 13.2 Å². The summed E-state index contributed by atoms with van der Waals surface area (Å²) in [5, 5.41) is 2.90. The summed E-state index contributed by atoms with van der Waals surface area (Å²) in [4.78, 5) is 18.6. The lowest BCUT2D eigenvalue weighted by Crippen LogP contribution is -2.37. The van der Waals surface area contributed by atoms with Crippen LogP contribution in [-0.4, -0.2) is 55.3 Å². The Morgan fingerprint density at radius 2 is 1.93 bits per heavy atom. The lowest BCUT2D eigenvalue weighted by atomic mass is 10.0. The van der Waals surface area contributed by atoms with Gasteiger partial charge in [-0.25, -0.2) is 4.98 Å². The molecule has 0 aliphatic carbocycles. The number of pyridine rings is 1. The van der Waals surface area contributed by atoms with Gasteiger partial charge in [-0.15, -0.1) is 0 Å². The van der Waals surface area contributed by atoms with E-state index in [4.69, 9.17) is 4.74 Å². The molecule has 1 saturated heterocycles. The Morgan fingerprint density at radius 3 is 2.57 bits per heavy atom. The maximum Gasteiger partial charge on any atom is 0.422 e. The van der Waals surface area contributed by atoms with Gasteiger partial charge in [-0.1, -0.05) is 18.2 Å². The molecule has 1 atom stereocenters. The maximum atomic E-state index is 12.6. The van der Waals surface area contributed by atoms with Crippen molar-refractivity contribution in [2.45, 2.75) is 25.1 Å². The first-order valence-electron chi connectivity index (χ1n) is 9.68. The second-order valence-electron chi connectivity index (χ2n) is 7.00. The highest BCUT2D eigenvalue weighted by Crippen LogP contribution is 2.31. The molecule has 2 aromatic rings. The van der Waals surface area contributed by atoms with E-state index in [1.165, 1.54) is 18.3 Å². The molecule has 1 N–H and O–H groups in total. The summed E-state index contributed by atoms with van der Waals surface area (Å²) in [5.41, 5.74) is 1.24. The molecule has 3 rings (SSSR count). The van der Waals surface area contributed by atoms with E-state index in [9.17, 15) is 18.0 Å². The molecule has 1 unspecified atom stereocenters. The van der Waals surface area contributed by atoms with Crippen LogP contribution in [-0.2, 0) is 0 Å². The molecule has 9 heteroatoms. The van der Waals surface area contributed by atoms with Crippen LogP contribution in [0.2, 0.25) is 0 Å². The predicted octanol–water partition coefficient (Wildman–Crippen LogP) is 3.60. The van der Waals surface area contributed by atoms with Crippen LogP contribution in [0.1, 0.15) is 34.8 Å². The predicted molar refractivity (Wildman–Crippen MR) is 105 cm³/mol. The summed E-state index contributed by atoms with van der Waals surface area (Å²) in [6, 6.07) is 10.3. The molecule has 1 aliphatic heterocycles. The number of benzene rings is 1. The number of rotatable bonds is 8. The highest BCUT2D eigenvalue weighted by molar-refractivity contribution is 5.93. The molecule has 162 valence electrons. The fourth-order valence-electron chi connectivity index (χ4n) is 3.48. The number of nitrogens with zero attached hydrogens (tertiary/aromatic N) is 2. The summed E-state index contributed by atoms with van der Waals surface area (Å²) >= 11 is 0. The van der Waals surface area contributed by atoms with Gasteiger partial charge in [0, 0.05) is 24.4 Å². The van der Waals surface area contributed by atoms with E-state index in [0.29, 0.717) is 6.54 Å². The molecule has 2 heterocycles. The van der Waals surface area contributed by atoms with E-state index in [-0.39, 0.29) is 23.4 Å². The minimum atomic E-state index is -4.44. The fraction of sp³-hybridized carbons (Fsp3) is 0.429. The number of amides is 1. The van der Waals surface area contributed by atoms with E-state index >= 15 is 0 Å². The average molecular weight is 423 g/mol. The summed E-state index contributed by atoms with van der Waals surface area (Å²) in [7, 11) is 1.62. The standard InChI is InChI=1S/C21H24F3N3O3/c1-29-18-7-3-2-6-16(18)17(27-10-4-5-11-27)13-26-20(28)15-8-9-19(25-12-15)30-14-21(22,23)24/h2-3,6-9,12,17H,4-5,10-11,13-14H2,1H3,(H,26,28). The van der Waals surface area contributed by atoms with Crippen LogP contribution >= 0.6 is 0 Å². The van der Waals surface area contributed by atoms with Gasteiger partial charge in [-0.05, 0) is 38.1 Å². The van der Waals surface area contributed by atoms with Gasteiger partial charge in [0.05, 0.1) is 18.7 Å². The minimum Gasteiger partial charge on any atom is -0.496 e. The summed E-state index contributed by atoms with van der Waals surface area (Å²) < 4.78 is 46.7. The number of alkyl halides is 3. The van der Waals surface area contributed by atoms with Crippen LogP contribution < -0.4 is 14.8 Å². The number of likely N-dealkylation sites (tertiary alicyclic amines) is 1. The molecule has 1 fully saturated rings. The summed E-state index contributed by atoms with van der Waals surface area (Å²) in [5.74, 6) is 0.216. The molecule has 0 saturated carbocycles. The molecule has 1 aromatic carbocycles. The Balaban J connectivity index is 1.65. The van der Waals surface area contributed by atoms with Crippen molar-refractivity contribution in [2.75, 3.05) is 33.4 Å². The van der Waals surface area contributed by atoms with Crippen molar-refractivity contribution in [1.82, 2.24) is 15.2 Å². The lowest BCUT2D eigenvalue weighted by molar-refractivity contribution is -0.154. The number of methoxy groups -OCH3 is 1. The largest absolute Gasteiger partial charge is 0.496 e. The van der Waals surface area contributed by atoms with E-state index in [2.05, 4.69) is 19.9 Å². The normalized spacial score (nSPS) is 15.6. The number of hydrogen-bond donors (Lipinski definition) is 1.